The van der Waals surface area contributed by atoms with Gasteiger partial charge in [0.05, 0.1) is 26.0 Å². The van der Waals surface area contributed by atoms with Crippen molar-refractivity contribution in [2.24, 2.45) is 0 Å². The van der Waals surface area contributed by atoms with Gasteiger partial charge in [-0.1, -0.05) is 12.1 Å². The Bertz CT molecular complexity index is 737. The molecule has 0 fully saturated rings. The third kappa shape index (κ3) is 2.66. The fourth-order valence-electron chi connectivity index (χ4n) is 2.63. The van der Waals surface area contributed by atoms with E-state index < -0.39 is 10.0 Å². The van der Waals surface area contributed by atoms with Gasteiger partial charge in [0.1, 0.15) is 11.6 Å². The van der Waals surface area contributed by atoms with Gasteiger partial charge in [-0.25, -0.2) is 13.4 Å². The van der Waals surface area contributed by atoms with Gasteiger partial charge in [-0.3, -0.25) is 0 Å². The molecule has 21 heavy (non-hydrogen) atoms. The third-order valence-electron chi connectivity index (χ3n) is 3.74. The number of fused-ring (bicyclic) bond motifs is 1. The number of ether oxygens (including phenoxy) is 1. The summed E-state index contributed by atoms with van der Waals surface area (Å²) in [6.45, 7) is 0.858. The van der Waals surface area contributed by atoms with Crippen LogP contribution < -0.4 is 4.74 Å². The van der Waals surface area contributed by atoms with Crippen molar-refractivity contribution in [3.8, 4) is 5.75 Å². The third-order valence-corrected chi connectivity index (χ3v) is 4.98. The summed E-state index contributed by atoms with van der Waals surface area (Å²) in [6, 6.07) is 7.28. The highest BCUT2D eigenvalue weighted by molar-refractivity contribution is 7.88. The summed E-state index contributed by atoms with van der Waals surface area (Å²) in [5, 5.41) is 0. The van der Waals surface area contributed by atoms with E-state index in [0.29, 0.717) is 13.1 Å². The van der Waals surface area contributed by atoms with Gasteiger partial charge >= 0.3 is 0 Å². The first-order valence-electron chi connectivity index (χ1n) is 6.60. The lowest BCUT2D eigenvalue weighted by molar-refractivity contribution is 0.245. The van der Waals surface area contributed by atoms with Crippen molar-refractivity contribution < 1.29 is 13.2 Å². The van der Waals surface area contributed by atoms with Crippen LogP contribution in [0.25, 0.3) is 0 Å². The van der Waals surface area contributed by atoms with Crippen LogP contribution in [0, 0.1) is 0 Å². The molecule has 112 valence electrons. The van der Waals surface area contributed by atoms with Gasteiger partial charge in [0, 0.05) is 18.9 Å². The number of methoxy groups -OCH3 is 1. The molecule has 1 aromatic carbocycles. The molecular weight excluding hydrogens is 290 g/mol. The Hall–Kier alpha value is -1.86. The Balaban J connectivity index is 2.01. The van der Waals surface area contributed by atoms with Crippen molar-refractivity contribution >= 4 is 10.0 Å². The Morgan fingerprint density at radius 1 is 1.29 bits per heavy atom. The molecule has 0 N–H and O–H groups in total. The number of sulfonamides is 1. The van der Waals surface area contributed by atoms with E-state index in [0.717, 1.165) is 17.1 Å². The standard InChI is InChI=1S/C14H17N3O3S/c1-20-12-5-3-11(4-6-12)13-9-16-8-7-15-14(16)10-17(13)21(2,18)19/h3-8,13H,9-10H2,1-2H3/t13-/m1/s1. The predicted octanol–water partition coefficient (Wildman–Crippen LogP) is 1.41. The van der Waals surface area contributed by atoms with Crippen LogP contribution in [0.2, 0.25) is 0 Å². The van der Waals surface area contributed by atoms with E-state index in [2.05, 4.69) is 4.98 Å². The van der Waals surface area contributed by atoms with Crippen LogP contribution in [0.15, 0.2) is 36.7 Å². The normalized spacial score (nSPS) is 19.2. The highest BCUT2D eigenvalue weighted by atomic mass is 32.2. The smallest absolute Gasteiger partial charge is 0.212 e. The SMILES string of the molecule is COc1ccc([C@H]2Cn3ccnc3CN2S(C)(=O)=O)cc1. The van der Waals surface area contributed by atoms with Gasteiger partial charge in [0.25, 0.3) is 0 Å². The van der Waals surface area contributed by atoms with Gasteiger partial charge in [-0.15, -0.1) is 0 Å². The highest BCUT2D eigenvalue weighted by Crippen LogP contribution is 2.31. The Kier molecular flexibility index (Phi) is 3.46. The van der Waals surface area contributed by atoms with Crippen LogP contribution >= 0.6 is 0 Å². The molecule has 0 aliphatic carbocycles. The van der Waals surface area contributed by atoms with Gasteiger partial charge in [0.15, 0.2) is 0 Å². The fraction of sp³-hybridized carbons (Fsp3) is 0.357. The first-order chi connectivity index (χ1) is 9.99. The molecular formula is C14H17N3O3S. The molecule has 0 bridgehead atoms. The molecule has 1 aliphatic heterocycles. The molecule has 2 aromatic rings. The summed E-state index contributed by atoms with van der Waals surface area (Å²) < 4.78 is 32.8. The summed E-state index contributed by atoms with van der Waals surface area (Å²) in [5.74, 6) is 1.52. The van der Waals surface area contributed by atoms with Gasteiger partial charge < -0.3 is 9.30 Å². The molecule has 0 saturated heterocycles. The summed E-state index contributed by atoms with van der Waals surface area (Å²) >= 11 is 0. The number of aromatic nitrogens is 2. The van der Waals surface area contributed by atoms with Crippen LogP contribution in [-0.2, 0) is 23.1 Å². The molecule has 0 radical (unpaired) electrons. The van der Waals surface area contributed by atoms with Crippen molar-refractivity contribution in [2.75, 3.05) is 13.4 Å². The predicted molar refractivity (Wildman–Crippen MR) is 78.3 cm³/mol. The summed E-state index contributed by atoms with van der Waals surface area (Å²) in [4.78, 5) is 4.21. The second-order valence-electron chi connectivity index (χ2n) is 5.09. The lowest BCUT2D eigenvalue weighted by Gasteiger charge is -2.34. The summed E-state index contributed by atoms with van der Waals surface area (Å²) in [7, 11) is -1.70. The minimum absolute atomic E-state index is 0.229. The lowest BCUT2D eigenvalue weighted by atomic mass is 10.1. The monoisotopic (exact) mass is 307 g/mol. The number of hydrogen-bond acceptors (Lipinski definition) is 4. The van der Waals surface area contributed by atoms with Crippen molar-refractivity contribution in [3.63, 3.8) is 0 Å². The summed E-state index contributed by atoms with van der Waals surface area (Å²) in [6.07, 6.45) is 4.82. The second kappa shape index (κ2) is 5.16. The molecule has 0 spiro atoms. The van der Waals surface area contributed by atoms with Crippen LogP contribution in [0.1, 0.15) is 17.4 Å². The number of rotatable bonds is 3. The molecule has 3 rings (SSSR count). The average Bonchev–Trinajstić information content (AvgIpc) is 2.92. The minimum atomic E-state index is -3.31. The van der Waals surface area contributed by atoms with Crippen LogP contribution in [0.4, 0.5) is 0 Å². The van der Waals surface area contributed by atoms with Crippen LogP contribution in [0.3, 0.4) is 0 Å². The van der Waals surface area contributed by atoms with E-state index in [-0.39, 0.29) is 6.04 Å². The molecule has 7 heteroatoms. The summed E-state index contributed by atoms with van der Waals surface area (Å²) in [5.41, 5.74) is 0.945. The first-order valence-corrected chi connectivity index (χ1v) is 8.44. The Labute approximate surface area is 124 Å². The molecule has 0 saturated carbocycles. The number of imidazole rings is 1. The zero-order valence-corrected chi connectivity index (χ0v) is 12.7. The van der Waals surface area contributed by atoms with Gasteiger partial charge in [-0.2, -0.15) is 4.31 Å². The van der Waals surface area contributed by atoms with E-state index in [1.54, 1.807) is 13.3 Å². The van der Waals surface area contributed by atoms with Crippen molar-refractivity contribution in [1.29, 1.82) is 0 Å². The van der Waals surface area contributed by atoms with E-state index in [4.69, 9.17) is 4.74 Å². The number of benzene rings is 1. The largest absolute Gasteiger partial charge is 0.497 e. The second-order valence-corrected chi connectivity index (χ2v) is 7.03. The zero-order valence-electron chi connectivity index (χ0n) is 11.9. The van der Waals surface area contributed by atoms with Gasteiger partial charge in [-0.05, 0) is 17.7 Å². The van der Waals surface area contributed by atoms with Crippen molar-refractivity contribution in [1.82, 2.24) is 13.9 Å². The molecule has 0 unspecified atom stereocenters. The molecule has 2 heterocycles. The lowest BCUT2D eigenvalue weighted by Crippen LogP contribution is -2.40. The molecule has 1 atom stereocenters. The molecule has 6 nitrogen and oxygen atoms in total. The van der Waals surface area contributed by atoms with Crippen LogP contribution in [-0.4, -0.2) is 35.6 Å². The maximum absolute atomic E-state index is 12.1. The van der Waals surface area contributed by atoms with E-state index >= 15 is 0 Å². The highest BCUT2D eigenvalue weighted by Gasteiger charge is 2.33. The Morgan fingerprint density at radius 2 is 2.00 bits per heavy atom. The van der Waals surface area contributed by atoms with Crippen molar-refractivity contribution in [2.45, 2.75) is 19.1 Å². The quantitative estimate of drug-likeness (QED) is 0.860. The first kappa shape index (κ1) is 14.1. The Morgan fingerprint density at radius 3 is 2.62 bits per heavy atom. The van der Waals surface area contributed by atoms with Crippen molar-refractivity contribution in [3.05, 3.63) is 48.0 Å². The zero-order chi connectivity index (χ0) is 15.0. The van der Waals surface area contributed by atoms with E-state index in [9.17, 15) is 8.42 Å². The fourth-order valence-corrected chi connectivity index (χ4v) is 3.63. The maximum atomic E-state index is 12.1. The topological polar surface area (TPSA) is 64.4 Å². The van der Waals surface area contributed by atoms with E-state index in [1.807, 2.05) is 35.0 Å². The minimum Gasteiger partial charge on any atom is -0.497 e. The average molecular weight is 307 g/mol. The molecule has 1 aliphatic rings. The van der Waals surface area contributed by atoms with Gasteiger partial charge in [0.2, 0.25) is 10.0 Å². The number of hydrogen-bond donors (Lipinski definition) is 0. The maximum Gasteiger partial charge on any atom is 0.212 e. The molecule has 1 aromatic heterocycles. The molecule has 0 amide bonds. The van der Waals surface area contributed by atoms with Crippen LogP contribution in [0.5, 0.6) is 5.75 Å². The van der Waals surface area contributed by atoms with E-state index in [1.165, 1.54) is 10.6 Å². The number of nitrogens with zero attached hydrogens (tertiary/aromatic N) is 3.